The molecule has 1 aromatic heterocycles. The zero-order valence-corrected chi connectivity index (χ0v) is 22.3. The van der Waals surface area contributed by atoms with E-state index < -0.39 is 35.5 Å². The summed E-state index contributed by atoms with van der Waals surface area (Å²) in [5.74, 6) is 0.493. The van der Waals surface area contributed by atoms with Crippen LogP contribution < -0.4 is 0 Å². The molecule has 1 saturated carbocycles. The zero-order valence-electron chi connectivity index (χ0n) is 22.3. The van der Waals surface area contributed by atoms with E-state index in [4.69, 9.17) is 13.9 Å². The van der Waals surface area contributed by atoms with Crippen LogP contribution in [0.1, 0.15) is 78.6 Å². The third kappa shape index (κ3) is 4.92. The van der Waals surface area contributed by atoms with Gasteiger partial charge in [-0.2, -0.15) is 0 Å². The maximum atomic E-state index is 13.1. The molecule has 4 fully saturated rings. The Kier molecular flexibility index (Phi) is 5.85. The molecule has 4 amide bonds. The van der Waals surface area contributed by atoms with Crippen molar-refractivity contribution < 1.29 is 33.5 Å². The van der Waals surface area contributed by atoms with Crippen LogP contribution in [0.15, 0.2) is 4.42 Å². The number of fused-ring (bicyclic) bond motifs is 3. The smallest absolute Gasteiger partial charge is 0.411 e. The van der Waals surface area contributed by atoms with Gasteiger partial charge in [0.05, 0.1) is 12.1 Å². The highest BCUT2D eigenvalue weighted by Crippen LogP contribution is 2.61. The van der Waals surface area contributed by atoms with Crippen LogP contribution in [-0.4, -0.2) is 96.3 Å². The van der Waals surface area contributed by atoms with E-state index in [9.17, 15) is 19.6 Å². The molecule has 204 valence electrons. The van der Waals surface area contributed by atoms with Gasteiger partial charge >= 0.3 is 18.2 Å². The van der Waals surface area contributed by atoms with Gasteiger partial charge in [-0.05, 0) is 66.2 Å². The highest BCUT2D eigenvalue weighted by Gasteiger charge is 2.63. The summed E-state index contributed by atoms with van der Waals surface area (Å²) in [6.07, 6.45) is 1.53. The number of hydroxylamine groups is 2. The van der Waals surface area contributed by atoms with Crippen LogP contribution in [0, 0.1) is 5.41 Å². The summed E-state index contributed by atoms with van der Waals surface area (Å²) in [6, 6.07) is -1.39. The number of amides is 4. The number of nitrogens with zero attached hydrogens (tertiary/aromatic N) is 6. The SMILES string of the molecule is CC(C)(C)OC(=O)N1CC(N(Cc2nnc([C@@H]3CC4(CC4)[C@H]4CN3C(=O)N4O)o2)C(=O)OC(C)(C)C)C1. The van der Waals surface area contributed by atoms with E-state index in [0.717, 1.165) is 17.9 Å². The van der Waals surface area contributed by atoms with Gasteiger partial charge in [-0.25, -0.2) is 19.4 Å². The first kappa shape index (κ1) is 25.6. The van der Waals surface area contributed by atoms with Gasteiger partial charge < -0.3 is 23.7 Å². The third-order valence-electron chi connectivity index (χ3n) is 7.34. The fourth-order valence-corrected chi connectivity index (χ4v) is 5.27. The Balaban J connectivity index is 1.29. The molecule has 3 saturated heterocycles. The van der Waals surface area contributed by atoms with Gasteiger partial charge in [0.2, 0.25) is 11.8 Å². The Bertz CT molecular complexity index is 1080. The molecule has 5 rings (SSSR count). The molecule has 3 aliphatic heterocycles. The highest BCUT2D eigenvalue weighted by molar-refractivity contribution is 5.77. The number of rotatable bonds is 4. The predicted molar refractivity (Wildman–Crippen MR) is 126 cm³/mol. The number of carbonyl (C=O) groups is 3. The van der Waals surface area contributed by atoms with Crippen LogP contribution in [0.3, 0.4) is 0 Å². The Morgan fingerprint density at radius 1 is 1.08 bits per heavy atom. The van der Waals surface area contributed by atoms with E-state index in [1.165, 1.54) is 9.80 Å². The Morgan fingerprint density at radius 2 is 1.73 bits per heavy atom. The van der Waals surface area contributed by atoms with Crippen molar-refractivity contribution >= 4 is 18.2 Å². The van der Waals surface area contributed by atoms with Gasteiger partial charge in [0, 0.05) is 19.6 Å². The first-order valence-electron chi connectivity index (χ1n) is 12.7. The first-order chi connectivity index (χ1) is 17.2. The third-order valence-corrected chi connectivity index (χ3v) is 7.34. The highest BCUT2D eigenvalue weighted by atomic mass is 16.6. The van der Waals surface area contributed by atoms with Crippen molar-refractivity contribution in [1.29, 1.82) is 0 Å². The van der Waals surface area contributed by atoms with Crippen molar-refractivity contribution in [3.8, 4) is 0 Å². The zero-order chi connectivity index (χ0) is 26.9. The lowest BCUT2D eigenvalue weighted by Gasteiger charge is -2.44. The van der Waals surface area contributed by atoms with Crippen molar-refractivity contribution in [2.45, 2.75) is 96.7 Å². The van der Waals surface area contributed by atoms with Crippen LogP contribution in [0.2, 0.25) is 0 Å². The summed E-state index contributed by atoms with van der Waals surface area (Å²) < 4.78 is 17.0. The minimum Gasteiger partial charge on any atom is -0.444 e. The standard InChI is InChI=1S/C24H36N6O7/c1-22(2,3)36-20(32)27-10-14(11-27)28(21(33)37-23(4,5)6)13-17-25-26-18(35-17)15-9-24(7-8-24)16-12-29(15)19(31)30(16)34/h14-16,34H,7-13H2,1-6H3/t15-,16+/m0/s1. The topological polar surface area (TPSA) is 142 Å². The Morgan fingerprint density at radius 3 is 2.32 bits per heavy atom. The van der Waals surface area contributed by atoms with Crippen molar-refractivity contribution in [2.75, 3.05) is 19.6 Å². The molecular weight excluding hydrogens is 484 g/mol. The second kappa shape index (κ2) is 8.47. The van der Waals surface area contributed by atoms with Crippen LogP contribution in [0.5, 0.6) is 0 Å². The molecule has 0 unspecified atom stereocenters. The molecular formula is C24H36N6O7. The van der Waals surface area contributed by atoms with Crippen LogP contribution in [-0.2, 0) is 16.0 Å². The van der Waals surface area contributed by atoms with Gasteiger partial charge in [0.1, 0.15) is 23.8 Å². The minimum absolute atomic E-state index is 0.00466. The molecule has 37 heavy (non-hydrogen) atoms. The quantitative estimate of drug-likeness (QED) is 0.592. The summed E-state index contributed by atoms with van der Waals surface area (Å²) in [5, 5.41) is 19.5. The molecule has 13 nitrogen and oxygen atoms in total. The summed E-state index contributed by atoms with van der Waals surface area (Å²) in [6.45, 7) is 11.7. The Labute approximate surface area is 215 Å². The van der Waals surface area contributed by atoms with Crippen molar-refractivity contribution in [1.82, 2.24) is 30.0 Å². The summed E-state index contributed by atoms with van der Waals surface area (Å²) in [7, 11) is 0. The lowest BCUT2D eigenvalue weighted by atomic mass is 9.85. The van der Waals surface area contributed by atoms with E-state index in [-0.39, 0.29) is 48.9 Å². The Hall–Kier alpha value is -3.09. The number of likely N-dealkylation sites (tertiary alicyclic amines) is 1. The molecule has 0 aromatic carbocycles. The van der Waals surface area contributed by atoms with Gasteiger partial charge in [-0.3, -0.25) is 10.1 Å². The molecule has 4 aliphatic rings. The van der Waals surface area contributed by atoms with Crippen LogP contribution in [0.4, 0.5) is 14.4 Å². The van der Waals surface area contributed by atoms with Gasteiger partial charge in [0.15, 0.2) is 0 Å². The van der Waals surface area contributed by atoms with Gasteiger partial charge in [0.25, 0.3) is 0 Å². The molecule has 1 spiro atoms. The number of piperidine rings is 1. The average Bonchev–Trinajstić information content (AvgIpc) is 3.24. The number of hydrogen-bond donors (Lipinski definition) is 1. The second-order valence-corrected chi connectivity index (χ2v) is 12.6. The van der Waals surface area contributed by atoms with Crippen LogP contribution >= 0.6 is 0 Å². The maximum absolute atomic E-state index is 13.1. The summed E-state index contributed by atoms with van der Waals surface area (Å²) in [4.78, 5) is 42.7. The number of carbonyl (C=O) groups excluding carboxylic acids is 3. The van der Waals surface area contributed by atoms with E-state index in [2.05, 4.69) is 10.2 Å². The fourth-order valence-electron chi connectivity index (χ4n) is 5.27. The van der Waals surface area contributed by atoms with E-state index in [1.807, 2.05) is 0 Å². The second-order valence-electron chi connectivity index (χ2n) is 12.6. The number of aromatic nitrogens is 2. The molecule has 2 bridgehead atoms. The average molecular weight is 521 g/mol. The molecule has 0 radical (unpaired) electrons. The molecule has 4 heterocycles. The molecule has 1 N–H and O–H groups in total. The van der Waals surface area contributed by atoms with Crippen molar-refractivity contribution in [2.24, 2.45) is 5.41 Å². The molecule has 13 heteroatoms. The first-order valence-corrected chi connectivity index (χ1v) is 12.7. The van der Waals surface area contributed by atoms with Gasteiger partial charge in [-0.15, -0.1) is 10.2 Å². The monoisotopic (exact) mass is 520 g/mol. The predicted octanol–water partition coefficient (Wildman–Crippen LogP) is 3.15. The maximum Gasteiger partial charge on any atom is 0.411 e. The molecule has 2 atom stereocenters. The van der Waals surface area contributed by atoms with Gasteiger partial charge in [-0.1, -0.05) is 0 Å². The summed E-state index contributed by atoms with van der Waals surface area (Å²) in [5.41, 5.74) is -1.45. The van der Waals surface area contributed by atoms with E-state index in [0.29, 0.717) is 13.0 Å². The summed E-state index contributed by atoms with van der Waals surface area (Å²) >= 11 is 0. The van der Waals surface area contributed by atoms with Crippen molar-refractivity contribution in [3.63, 3.8) is 0 Å². The van der Waals surface area contributed by atoms with Crippen molar-refractivity contribution in [3.05, 3.63) is 11.8 Å². The fraction of sp³-hybridized carbons (Fsp3) is 0.792. The number of hydrogen-bond acceptors (Lipinski definition) is 9. The normalized spacial score (nSPS) is 24.8. The number of urea groups is 1. The van der Waals surface area contributed by atoms with Crippen LogP contribution in [0.25, 0.3) is 0 Å². The minimum atomic E-state index is -0.715. The molecule has 1 aliphatic carbocycles. The lowest BCUT2D eigenvalue weighted by molar-refractivity contribution is -0.0783. The van der Waals surface area contributed by atoms with E-state index in [1.54, 1.807) is 46.4 Å². The largest absolute Gasteiger partial charge is 0.444 e. The number of ether oxygens (including phenoxy) is 2. The molecule has 1 aromatic rings. The lowest BCUT2D eigenvalue weighted by Crippen LogP contribution is -2.63. The van der Waals surface area contributed by atoms with E-state index >= 15 is 0 Å².